The third-order valence-corrected chi connectivity index (χ3v) is 2.49. The molecule has 0 bridgehead atoms. The first kappa shape index (κ1) is 9.65. The molecule has 76 valence electrons. The summed E-state index contributed by atoms with van der Waals surface area (Å²) in [6.07, 6.45) is 0. The van der Waals surface area contributed by atoms with Gasteiger partial charge in [0.15, 0.2) is 0 Å². The van der Waals surface area contributed by atoms with Crippen LogP contribution in [0.4, 0.5) is 10.2 Å². The smallest absolute Gasteiger partial charge is 0.134 e. The van der Waals surface area contributed by atoms with Crippen LogP contribution in [0.25, 0.3) is 0 Å². The molecule has 0 atom stereocenters. The van der Waals surface area contributed by atoms with Gasteiger partial charge in [-0.1, -0.05) is 11.6 Å². The molecule has 1 fully saturated rings. The molecule has 2 rings (SSSR count). The van der Waals surface area contributed by atoms with Crippen LogP contribution in [0.15, 0.2) is 6.07 Å². The quantitative estimate of drug-likeness (QED) is 0.705. The first-order valence-electron chi connectivity index (χ1n) is 4.51. The van der Waals surface area contributed by atoms with Crippen LogP contribution in [0, 0.1) is 12.8 Å². The molecule has 0 amide bonds. The molecule has 3 nitrogen and oxygen atoms in total. The number of hydrogen-bond donors (Lipinski definition) is 0. The zero-order valence-corrected chi connectivity index (χ0v) is 8.63. The number of aromatic nitrogens is 2. The normalized spacial score (nSPS) is 16.9. The Morgan fingerprint density at radius 1 is 1.57 bits per heavy atom. The van der Waals surface area contributed by atoms with Crippen molar-refractivity contribution in [3.63, 3.8) is 0 Å². The molecule has 1 aliphatic rings. The average molecular weight is 216 g/mol. The number of halogens is 2. The van der Waals surface area contributed by atoms with Crippen molar-refractivity contribution in [3.05, 3.63) is 17.0 Å². The van der Waals surface area contributed by atoms with Gasteiger partial charge in [-0.25, -0.2) is 9.97 Å². The number of alkyl halides is 1. The van der Waals surface area contributed by atoms with Crippen molar-refractivity contribution in [3.8, 4) is 0 Å². The fraction of sp³-hybridized carbons (Fsp3) is 0.556. The fourth-order valence-corrected chi connectivity index (χ4v) is 1.75. The van der Waals surface area contributed by atoms with E-state index in [1.807, 2.05) is 4.90 Å². The van der Waals surface area contributed by atoms with Crippen molar-refractivity contribution in [1.29, 1.82) is 0 Å². The van der Waals surface area contributed by atoms with Crippen molar-refractivity contribution in [2.24, 2.45) is 5.92 Å². The second-order valence-corrected chi connectivity index (χ2v) is 3.91. The molecule has 0 saturated carbocycles. The summed E-state index contributed by atoms with van der Waals surface area (Å²) < 4.78 is 12.2. The highest BCUT2D eigenvalue weighted by Gasteiger charge is 2.27. The van der Waals surface area contributed by atoms with Crippen molar-refractivity contribution >= 4 is 17.4 Å². The largest absolute Gasteiger partial charge is 0.356 e. The number of rotatable bonds is 2. The Kier molecular flexibility index (Phi) is 2.54. The molecule has 0 radical (unpaired) electrons. The standard InChI is InChI=1S/C9H11ClFN3/c1-6-12-8(10)2-9(13-6)14-4-7(3-11)5-14/h2,7H,3-5H2,1H3. The Bertz CT molecular complexity index is 319. The van der Waals surface area contributed by atoms with E-state index in [9.17, 15) is 4.39 Å². The minimum absolute atomic E-state index is 0.157. The third-order valence-electron chi connectivity index (χ3n) is 2.29. The topological polar surface area (TPSA) is 29.0 Å². The summed E-state index contributed by atoms with van der Waals surface area (Å²) in [5.41, 5.74) is 0. The Morgan fingerprint density at radius 2 is 2.29 bits per heavy atom. The van der Waals surface area contributed by atoms with Gasteiger partial charge in [-0.15, -0.1) is 0 Å². The van der Waals surface area contributed by atoms with E-state index in [4.69, 9.17) is 11.6 Å². The van der Waals surface area contributed by atoms with Gasteiger partial charge in [0.25, 0.3) is 0 Å². The lowest BCUT2D eigenvalue weighted by molar-refractivity contribution is 0.304. The monoisotopic (exact) mass is 215 g/mol. The Morgan fingerprint density at radius 3 is 2.86 bits per heavy atom. The predicted octanol–water partition coefficient (Wildman–Crippen LogP) is 1.84. The highest BCUT2D eigenvalue weighted by atomic mass is 35.5. The number of nitrogens with zero attached hydrogens (tertiary/aromatic N) is 3. The van der Waals surface area contributed by atoms with Crippen molar-refractivity contribution < 1.29 is 4.39 Å². The maximum absolute atomic E-state index is 12.2. The van der Waals surface area contributed by atoms with Crippen molar-refractivity contribution in [2.75, 3.05) is 24.7 Å². The summed E-state index contributed by atoms with van der Waals surface area (Å²) in [5, 5.41) is 0.441. The van der Waals surface area contributed by atoms with Gasteiger partial charge in [-0.3, -0.25) is 4.39 Å². The minimum Gasteiger partial charge on any atom is -0.356 e. The van der Waals surface area contributed by atoms with Crippen molar-refractivity contribution in [2.45, 2.75) is 6.92 Å². The van der Waals surface area contributed by atoms with Gasteiger partial charge in [0, 0.05) is 25.1 Å². The molecule has 0 aromatic carbocycles. The highest BCUT2D eigenvalue weighted by Crippen LogP contribution is 2.24. The number of anilines is 1. The van der Waals surface area contributed by atoms with Crippen LogP contribution >= 0.6 is 11.6 Å². The first-order chi connectivity index (χ1) is 6.69. The van der Waals surface area contributed by atoms with Crippen LogP contribution in [0.5, 0.6) is 0 Å². The van der Waals surface area contributed by atoms with E-state index in [-0.39, 0.29) is 12.6 Å². The number of aryl methyl sites for hydroxylation is 1. The van der Waals surface area contributed by atoms with Crippen molar-refractivity contribution in [1.82, 2.24) is 9.97 Å². The molecule has 1 aromatic heterocycles. The Balaban J connectivity index is 2.10. The van der Waals surface area contributed by atoms with E-state index in [0.717, 1.165) is 18.9 Å². The fourth-order valence-electron chi connectivity index (χ4n) is 1.53. The highest BCUT2D eigenvalue weighted by molar-refractivity contribution is 6.29. The maximum Gasteiger partial charge on any atom is 0.134 e. The molecular formula is C9H11ClFN3. The molecule has 0 aliphatic carbocycles. The van der Waals surface area contributed by atoms with Gasteiger partial charge >= 0.3 is 0 Å². The second-order valence-electron chi connectivity index (χ2n) is 3.52. The van der Waals surface area contributed by atoms with Gasteiger partial charge in [-0.2, -0.15) is 0 Å². The van der Waals surface area contributed by atoms with E-state index < -0.39 is 0 Å². The summed E-state index contributed by atoms with van der Waals surface area (Å²) >= 11 is 5.79. The van der Waals surface area contributed by atoms with Crippen LogP contribution in [-0.2, 0) is 0 Å². The lowest BCUT2D eigenvalue weighted by Crippen LogP contribution is -2.48. The summed E-state index contributed by atoms with van der Waals surface area (Å²) in [6, 6.07) is 1.71. The van der Waals surface area contributed by atoms with Crippen LogP contribution in [-0.4, -0.2) is 29.7 Å². The van der Waals surface area contributed by atoms with Gasteiger partial charge in [0.05, 0.1) is 6.67 Å². The number of hydrogen-bond acceptors (Lipinski definition) is 3. The van der Waals surface area contributed by atoms with E-state index in [0.29, 0.717) is 11.0 Å². The van der Waals surface area contributed by atoms with E-state index in [1.165, 1.54) is 0 Å². The molecular weight excluding hydrogens is 205 g/mol. The molecule has 1 aromatic rings. The van der Waals surface area contributed by atoms with E-state index >= 15 is 0 Å². The van der Waals surface area contributed by atoms with Gasteiger partial charge in [0.2, 0.25) is 0 Å². The third kappa shape index (κ3) is 1.80. The second kappa shape index (κ2) is 3.69. The summed E-state index contributed by atoms with van der Waals surface area (Å²) in [5.74, 6) is 1.60. The Hall–Kier alpha value is -0.900. The SMILES string of the molecule is Cc1nc(Cl)cc(N2CC(CF)C2)n1. The lowest BCUT2D eigenvalue weighted by atomic mass is 10.0. The molecule has 1 saturated heterocycles. The van der Waals surface area contributed by atoms with E-state index in [1.54, 1.807) is 13.0 Å². The first-order valence-corrected chi connectivity index (χ1v) is 4.89. The molecule has 1 aliphatic heterocycles. The zero-order chi connectivity index (χ0) is 10.1. The van der Waals surface area contributed by atoms with E-state index in [2.05, 4.69) is 9.97 Å². The molecule has 2 heterocycles. The van der Waals surface area contributed by atoms with Gasteiger partial charge in [0.1, 0.15) is 16.8 Å². The lowest BCUT2D eigenvalue weighted by Gasteiger charge is -2.38. The molecule has 5 heteroatoms. The maximum atomic E-state index is 12.2. The van der Waals surface area contributed by atoms with Crippen LogP contribution in [0.2, 0.25) is 5.15 Å². The van der Waals surface area contributed by atoms with Gasteiger partial charge in [-0.05, 0) is 6.92 Å². The summed E-state index contributed by atoms with van der Waals surface area (Å²) in [4.78, 5) is 10.2. The Labute approximate surface area is 86.9 Å². The minimum atomic E-state index is -0.256. The molecule has 14 heavy (non-hydrogen) atoms. The van der Waals surface area contributed by atoms with Crippen LogP contribution < -0.4 is 4.90 Å². The van der Waals surface area contributed by atoms with Crippen LogP contribution in [0.3, 0.4) is 0 Å². The molecule has 0 N–H and O–H groups in total. The average Bonchev–Trinajstić information content (AvgIpc) is 2.00. The molecule has 0 spiro atoms. The predicted molar refractivity (Wildman–Crippen MR) is 53.5 cm³/mol. The zero-order valence-electron chi connectivity index (χ0n) is 7.87. The summed E-state index contributed by atoms with van der Waals surface area (Å²) in [6.45, 7) is 2.99. The molecule has 0 unspecified atom stereocenters. The van der Waals surface area contributed by atoms with Crippen LogP contribution in [0.1, 0.15) is 5.82 Å². The van der Waals surface area contributed by atoms with Gasteiger partial charge < -0.3 is 4.90 Å². The summed E-state index contributed by atoms with van der Waals surface area (Å²) in [7, 11) is 0.